The van der Waals surface area contributed by atoms with Crippen LogP contribution < -0.4 is 4.74 Å². The van der Waals surface area contributed by atoms with Gasteiger partial charge in [0.25, 0.3) is 5.91 Å². The van der Waals surface area contributed by atoms with E-state index in [0.29, 0.717) is 36.4 Å². The van der Waals surface area contributed by atoms with E-state index in [1.165, 1.54) is 0 Å². The molecule has 0 fully saturated rings. The Morgan fingerprint density at radius 2 is 1.97 bits per heavy atom. The first-order chi connectivity index (χ1) is 15.3. The Hall–Kier alpha value is -2.31. The van der Waals surface area contributed by atoms with Crippen molar-refractivity contribution in [2.45, 2.75) is 54.2 Å². The van der Waals surface area contributed by atoms with Crippen molar-refractivity contribution in [2.75, 3.05) is 13.1 Å². The number of para-hydroxylation sites is 1. The normalized spacial score (nSPS) is 11.2. The van der Waals surface area contributed by atoms with Crippen LogP contribution in [0.25, 0.3) is 11.4 Å². The lowest BCUT2D eigenvalue weighted by Crippen LogP contribution is -2.30. The number of aromatic nitrogens is 2. The van der Waals surface area contributed by atoms with Gasteiger partial charge in [-0.15, -0.1) is 11.3 Å². The Bertz CT molecular complexity index is 1050. The molecule has 0 aliphatic rings. The Kier molecular flexibility index (Phi) is 8.38. The molecule has 1 amide bonds. The van der Waals surface area contributed by atoms with Gasteiger partial charge in [-0.25, -0.2) is 4.98 Å². The summed E-state index contributed by atoms with van der Waals surface area (Å²) in [5.41, 5.74) is 3.62. The van der Waals surface area contributed by atoms with Gasteiger partial charge in [0.2, 0.25) is 0 Å². The van der Waals surface area contributed by atoms with Crippen molar-refractivity contribution in [3.05, 3.63) is 57.0 Å². The molecule has 2 heterocycles. The van der Waals surface area contributed by atoms with Crippen LogP contribution in [0.15, 0.2) is 35.7 Å². The molecule has 0 bridgehead atoms. The summed E-state index contributed by atoms with van der Waals surface area (Å²) in [5.74, 6) is 1.30. The zero-order chi connectivity index (χ0) is 23.3. The third-order valence-electron chi connectivity index (χ3n) is 5.58. The predicted octanol–water partition coefficient (Wildman–Crippen LogP) is 6.68. The minimum atomic E-state index is 0.0783. The zero-order valence-corrected chi connectivity index (χ0v) is 21.1. The van der Waals surface area contributed by atoms with Crippen LogP contribution in [0.3, 0.4) is 0 Å². The highest BCUT2D eigenvalue weighted by Crippen LogP contribution is 2.30. The second-order valence-corrected chi connectivity index (χ2v) is 9.54. The summed E-state index contributed by atoms with van der Waals surface area (Å²) in [6.45, 7) is 13.1. The Labute approximate surface area is 200 Å². The second kappa shape index (κ2) is 11.0. The third-order valence-corrected chi connectivity index (χ3v) is 6.71. The van der Waals surface area contributed by atoms with Crippen molar-refractivity contribution in [2.24, 2.45) is 5.92 Å². The van der Waals surface area contributed by atoms with Crippen molar-refractivity contribution < 1.29 is 9.53 Å². The lowest BCUT2D eigenvalue weighted by Gasteiger charge is -2.18. The molecule has 3 rings (SSSR count). The quantitative estimate of drug-likeness (QED) is 0.330. The molecule has 0 saturated carbocycles. The zero-order valence-electron chi connectivity index (χ0n) is 19.5. The van der Waals surface area contributed by atoms with E-state index in [1.54, 1.807) is 11.3 Å². The Balaban J connectivity index is 1.89. The SMILES string of the molecule is CCN(CC)C(=O)c1cc(-c2csc(COc3ccccc3Cl)n2)n(CCC(C)C)c1C. The maximum Gasteiger partial charge on any atom is 0.255 e. The summed E-state index contributed by atoms with van der Waals surface area (Å²) in [4.78, 5) is 19.8. The molecule has 3 aromatic rings. The van der Waals surface area contributed by atoms with E-state index in [0.717, 1.165) is 40.6 Å². The molecule has 0 atom stereocenters. The summed E-state index contributed by atoms with van der Waals surface area (Å²) in [6, 6.07) is 9.43. The number of hydrogen-bond donors (Lipinski definition) is 0. The highest BCUT2D eigenvalue weighted by molar-refractivity contribution is 7.09. The van der Waals surface area contributed by atoms with Crippen LogP contribution in [-0.2, 0) is 13.2 Å². The van der Waals surface area contributed by atoms with Gasteiger partial charge in [-0.2, -0.15) is 0 Å². The summed E-state index contributed by atoms with van der Waals surface area (Å²) in [6.07, 6.45) is 1.04. The molecule has 0 aliphatic carbocycles. The van der Waals surface area contributed by atoms with Gasteiger partial charge >= 0.3 is 0 Å². The lowest BCUT2D eigenvalue weighted by atomic mass is 10.1. The number of nitrogens with zero attached hydrogens (tertiary/aromatic N) is 3. The minimum Gasteiger partial charge on any atom is -0.485 e. The van der Waals surface area contributed by atoms with Gasteiger partial charge in [-0.3, -0.25) is 4.79 Å². The molecule has 0 aliphatic heterocycles. The van der Waals surface area contributed by atoms with Gasteiger partial charge in [0.1, 0.15) is 17.4 Å². The monoisotopic (exact) mass is 473 g/mol. The van der Waals surface area contributed by atoms with E-state index in [-0.39, 0.29) is 5.91 Å². The molecular weight excluding hydrogens is 442 g/mol. The molecule has 0 saturated heterocycles. The molecule has 32 heavy (non-hydrogen) atoms. The predicted molar refractivity (Wildman–Crippen MR) is 133 cm³/mol. The van der Waals surface area contributed by atoms with E-state index in [9.17, 15) is 4.79 Å². The molecule has 5 nitrogen and oxygen atoms in total. The van der Waals surface area contributed by atoms with Crippen LogP contribution in [0, 0.1) is 12.8 Å². The third kappa shape index (κ3) is 5.54. The first kappa shape index (κ1) is 24.3. The largest absolute Gasteiger partial charge is 0.485 e. The number of hydrogen-bond acceptors (Lipinski definition) is 4. The average molecular weight is 474 g/mol. The van der Waals surface area contributed by atoms with Gasteiger partial charge in [0.05, 0.1) is 22.0 Å². The second-order valence-electron chi connectivity index (χ2n) is 8.19. The fourth-order valence-corrected chi connectivity index (χ4v) is 4.52. The van der Waals surface area contributed by atoms with Crippen molar-refractivity contribution in [1.82, 2.24) is 14.5 Å². The van der Waals surface area contributed by atoms with Gasteiger partial charge in [-0.05, 0) is 51.3 Å². The van der Waals surface area contributed by atoms with Crippen LogP contribution >= 0.6 is 22.9 Å². The van der Waals surface area contributed by atoms with Gasteiger partial charge in [0.15, 0.2) is 0 Å². The fraction of sp³-hybridized carbons (Fsp3) is 0.440. The van der Waals surface area contributed by atoms with Crippen molar-refractivity contribution in [3.8, 4) is 17.1 Å². The van der Waals surface area contributed by atoms with E-state index >= 15 is 0 Å². The number of halogens is 1. The van der Waals surface area contributed by atoms with Crippen LogP contribution in [0.4, 0.5) is 0 Å². The van der Waals surface area contributed by atoms with Gasteiger partial charge in [-0.1, -0.05) is 37.6 Å². The lowest BCUT2D eigenvalue weighted by molar-refractivity contribution is 0.0772. The number of carbonyl (C=O) groups excluding carboxylic acids is 1. The molecular formula is C25H32ClN3O2S. The van der Waals surface area contributed by atoms with Crippen LogP contribution in [-0.4, -0.2) is 33.4 Å². The standard InChI is InChI=1S/C25H32ClN3O2S/c1-6-28(7-2)25(30)19-14-22(29(18(19)5)13-12-17(3)4)21-16-32-24(27-21)15-31-23-11-9-8-10-20(23)26/h8-11,14,16-17H,6-7,12-13,15H2,1-5H3. The highest BCUT2D eigenvalue weighted by atomic mass is 35.5. The molecule has 172 valence electrons. The van der Waals surface area contributed by atoms with Crippen LogP contribution in [0.2, 0.25) is 5.02 Å². The fourth-order valence-electron chi connectivity index (χ4n) is 3.63. The summed E-state index contributed by atoms with van der Waals surface area (Å²) in [7, 11) is 0. The summed E-state index contributed by atoms with van der Waals surface area (Å²) in [5, 5.41) is 3.49. The first-order valence-electron chi connectivity index (χ1n) is 11.2. The Morgan fingerprint density at radius 1 is 1.25 bits per heavy atom. The number of carbonyl (C=O) groups is 1. The smallest absolute Gasteiger partial charge is 0.255 e. The van der Waals surface area contributed by atoms with E-state index in [2.05, 4.69) is 18.4 Å². The first-order valence-corrected chi connectivity index (χ1v) is 12.4. The molecule has 1 aromatic carbocycles. The van der Waals surface area contributed by atoms with E-state index in [4.69, 9.17) is 21.3 Å². The maximum absolute atomic E-state index is 13.1. The number of benzene rings is 1. The number of amides is 1. The van der Waals surface area contributed by atoms with Crippen molar-refractivity contribution >= 4 is 28.8 Å². The average Bonchev–Trinajstić information content (AvgIpc) is 3.36. The molecule has 2 aromatic heterocycles. The molecule has 7 heteroatoms. The number of ether oxygens (including phenoxy) is 1. The summed E-state index contributed by atoms with van der Waals surface area (Å²) < 4.78 is 8.10. The van der Waals surface area contributed by atoms with Crippen molar-refractivity contribution in [1.29, 1.82) is 0 Å². The van der Waals surface area contributed by atoms with Gasteiger partial charge in [0, 0.05) is 30.7 Å². The Morgan fingerprint density at radius 3 is 2.62 bits per heavy atom. The number of rotatable bonds is 10. The molecule has 0 N–H and O–H groups in total. The maximum atomic E-state index is 13.1. The highest BCUT2D eigenvalue weighted by Gasteiger charge is 2.23. The minimum absolute atomic E-state index is 0.0783. The van der Waals surface area contributed by atoms with Crippen molar-refractivity contribution in [3.63, 3.8) is 0 Å². The topological polar surface area (TPSA) is 47.4 Å². The van der Waals surface area contributed by atoms with E-state index in [1.807, 2.05) is 61.4 Å². The summed E-state index contributed by atoms with van der Waals surface area (Å²) >= 11 is 7.74. The number of thiazole rings is 1. The molecule has 0 unspecified atom stereocenters. The van der Waals surface area contributed by atoms with Crippen LogP contribution in [0.1, 0.15) is 55.2 Å². The van der Waals surface area contributed by atoms with E-state index < -0.39 is 0 Å². The van der Waals surface area contributed by atoms with Crippen LogP contribution in [0.5, 0.6) is 5.75 Å². The molecule has 0 spiro atoms. The van der Waals surface area contributed by atoms with Gasteiger partial charge < -0.3 is 14.2 Å². The molecule has 0 radical (unpaired) electrons.